The first-order valence-electron chi connectivity index (χ1n) is 7.62. The van der Waals surface area contributed by atoms with Gasteiger partial charge in [-0.3, -0.25) is 10.0 Å². The number of methoxy groups -OCH3 is 1. The third kappa shape index (κ3) is 3.52. The van der Waals surface area contributed by atoms with E-state index < -0.39 is 0 Å². The van der Waals surface area contributed by atoms with Crippen LogP contribution >= 0.6 is 0 Å². The lowest BCUT2D eigenvalue weighted by Gasteiger charge is -2.37. The molecule has 0 atom stereocenters. The fourth-order valence-electron chi connectivity index (χ4n) is 2.54. The molecule has 0 heterocycles. The third-order valence-electron chi connectivity index (χ3n) is 3.55. The molecule has 0 saturated carbocycles. The molecule has 3 rings (SSSR count). The van der Waals surface area contributed by atoms with E-state index in [9.17, 15) is 0 Å². The maximum atomic E-state index is 5.47. The van der Waals surface area contributed by atoms with Crippen LogP contribution < -0.4 is 10.0 Å². The van der Waals surface area contributed by atoms with Crippen LogP contribution in [0, 0.1) is 0 Å². The summed E-state index contributed by atoms with van der Waals surface area (Å²) < 4.78 is 5.47. The Labute approximate surface area is 137 Å². The van der Waals surface area contributed by atoms with E-state index in [4.69, 9.17) is 4.74 Å². The van der Waals surface area contributed by atoms with Crippen molar-refractivity contribution in [1.82, 2.24) is 0 Å². The Morgan fingerprint density at radius 1 is 0.609 bits per heavy atom. The minimum Gasteiger partial charge on any atom is -0.363 e. The maximum absolute atomic E-state index is 5.47. The van der Waals surface area contributed by atoms with Gasteiger partial charge in [0.15, 0.2) is 0 Å². The van der Waals surface area contributed by atoms with Gasteiger partial charge < -0.3 is 4.74 Å². The summed E-state index contributed by atoms with van der Waals surface area (Å²) in [7, 11) is 1.71. The Morgan fingerprint density at radius 3 is 1.39 bits per heavy atom. The first-order valence-corrected chi connectivity index (χ1v) is 7.62. The number of anilines is 3. The Balaban J connectivity index is 2.09. The molecule has 23 heavy (non-hydrogen) atoms. The van der Waals surface area contributed by atoms with E-state index >= 15 is 0 Å². The van der Waals surface area contributed by atoms with Crippen LogP contribution in [-0.2, 0) is 4.74 Å². The molecule has 0 aliphatic carbocycles. The fraction of sp³-hybridized carbons (Fsp3) is 0.100. The van der Waals surface area contributed by atoms with Crippen molar-refractivity contribution in [3.8, 4) is 0 Å². The molecule has 0 aliphatic heterocycles. The molecule has 0 N–H and O–H groups in total. The van der Waals surface area contributed by atoms with E-state index in [1.165, 1.54) is 0 Å². The summed E-state index contributed by atoms with van der Waals surface area (Å²) in [4.78, 5) is 0. The van der Waals surface area contributed by atoms with Crippen molar-refractivity contribution in [3.05, 3.63) is 91.0 Å². The van der Waals surface area contributed by atoms with Crippen LogP contribution in [-0.4, -0.2) is 13.8 Å². The number of ether oxygens (including phenoxy) is 1. The SMILES string of the molecule is COCN(c1ccccc1)N(c1ccccc1)c1ccccc1. The number of para-hydroxylation sites is 3. The van der Waals surface area contributed by atoms with Crippen LogP contribution in [0.15, 0.2) is 91.0 Å². The van der Waals surface area contributed by atoms with Gasteiger partial charge in [0, 0.05) is 7.11 Å². The number of nitrogens with zero attached hydrogens (tertiary/aromatic N) is 2. The Hall–Kier alpha value is -2.78. The van der Waals surface area contributed by atoms with Gasteiger partial charge in [0.25, 0.3) is 0 Å². The normalized spacial score (nSPS) is 10.3. The van der Waals surface area contributed by atoms with Crippen LogP contribution in [0.2, 0.25) is 0 Å². The molecule has 0 fully saturated rings. The lowest BCUT2D eigenvalue weighted by molar-refractivity contribution is 0.197. The van der Waals surface area contributed by atoms with Gasteiger partial charge in [-0.2, -0.15) is 0 Å². The molecule has 0 saturated heterocycles. The van der Waals surface area contributed by atoms with Gasteiger partial charge in [-0.05, 0) is 36.4 Å². The van der Waals surface area contributed by atoms with Gasteiger partial charge in [0.2, 0.25) is 0 Å². The van der Waals surface area contributed by atoms with Crippen molar-refractivity contribution in [1.29, 1.82) is 0 Å². The van der Waals surface area contributed by atoms with Crippen molar-refractivity contribution in [2.24, 2.45) is 0 Å². The minimum absolute atomic E-state index is 0.452. The van der Waals surface area contributed by atoms with Crippen molar-refractivity contribution < 1.29 is 4.74 Å². The van der Waals surface area contributed by atoms with Crippen molar-refractivity contribution in [2.45, 2.75) is 0 Å². The summed E-state index contributed by atoms with van der Waals surface area (Å²) >= 11 is 0. The molecule has 3 aromatic carbocycles. The highest BCUT2D eigenvalue weighted by molar-refractivity contribution is 5.69. The molecule has 0 radical (unpaired) electrons. The molecule has 0 bridgehead atoms. The summed E-state index contributed by atoms with van der Waals surface area (Å²) in [6.45, 7) is 0.452. The number of benzene rings is 3. The van der Waals surface area contributed by atoms with Crippen LogP contribution in [0.25, 0.3) is 0 Å². The molecule has 3 aromatic rings. The molecule has 3 heteroatoms. The molecule has 0 spiro atoms. The number of hydrazine groups is 1. The smallest absolute Gasteiger partial charge is 0.138 e. The molecule has 0 unspecified atom stereocenters. The zero-order valence-electron chi connectivity index (χ0n) is 13.2. The zero-order chi connectivity index (χ0) is 15.9. The van der Waals surface area contributed by atoms with Gasteiger partial charge in [-0.15, -0.1) is 0 Å². The summed E-state index contributed by atoms with van der Waals surface area (Å²) in [5, 5.41) is 4.28. The zero-order valence-corrected chi connectivity index (χ0v) is 13.2. The maximum Gasteiger partial charge on any atom is 0.138 e. The Kier molecular flexibility index (Phi) is 4.92. The van der Waals surface area contributed by atoms with Crippen molar-refractivity contribution in [3.63, 3.8) is 0 Å². The third-order valence-corrected chi connectivity index (χ3v) is 3.55. The van der Waals surface area contributed by atoms with Gasteiger partial charge in [-0.1, -0.05) is 54.6 Å². The van der Waals surface area contributed by atoms with Crippen LogP contribution in [0.4, 0.5) is 17.1 Å². The molecule has 0 aromatic heterocycles. The summed E-state index contributed by atoms with van der Waals surface area (Å²) in [5.74, 6) is 0. The van der Waals surface area contributed by atoms with Crippen LogP contribution in [0.1, 0.15) is 0 Å². The Morgan fingerprint density at radius 2 is 1.00 bits per heavy atom. The molecule has 0 amide bonds. The predicted molar refractivity (Wildman–Crippen MR) is 95.8 cm³/mol. The van der Waals surface area contributed by atoms with Gasteiger partial charge in [0.1, 0.15) is 6.73 Å². The summed E-state index contributed by atoms with van der Waals surface area (Å²) in [6.07, 6.45) is 0. The second-order valence-electron chi connectivity index (χ2n) is 5.14. The van der Waals surface area contributed by atoms with Crippen molar-refractivity contribution >= 4 is 17.1 Å². The minimum atomic E-state index is 0.452. The largest absolute Gasteiger partial charge is 0.363 e. The van der Waals surface area contributed by atoms with E-state index in [2.05, 4.69) is 46.4 Å². The molecule has 0 aliphatic rings. The average Bonchev–Trinajstić information content (AvgIpc) is 2.64. The van der Waals surface area contributed by atoms with E-state index in [0.29, 0.717) is 6.73 Å². The highest BCUT2D eigenvalue weighted by Crippen LogP contribution is 2.30. The van der Waals surface area contributed by atoms with E-state index in [1.807, 2.05) is 54.6 Å². The van der Waals surface area contributed by atoms with Gasteiger partial charge >= 0.3 is 0 Å². The van der Waals surface area contributed by atoms with Gasteiger partial charge in [0.05, 0.1) is 17.1 Å². The molecule has 116 valence electrons. The fourth-order valence-corrected chi connectivity index (χ4v) is 2.54. The first kappa shape index (κ1) is 15.1. The number of rotatable bonds is 6. The summed E-state index contributed by atoms with van der Waals surface area (Å²) in [5.41, 5.74) is 3.24. The first-order chi connectivity index (χ1) is 11.4. The number of hydrogen-bond acceptors (Lipinski definition) is 3. The lowest BCUT2D eigenvalue weighted by Crippen LogP contribution is -2.41. The Bertz CT molecular complexity index is 662. The van der Waals surface area contributed by atoms with E-state index in [1.54, 1.807) is 7.11 Å². The summed E-state index contributed by atoms with van der Waals surface area (Å²) in [6, 6.07) is 30.9. The quantitative estimate of drug-likeness (QED) is 0.478. The molecular formula is C20H20N2O. The molecule has 3 nitrogen and oxygen atoms in total. The van der Waals surface area contributed by atoms with E-state index in [-0.39, 0.29) is 0 Å². The van der Waals surface area contributed by atoms with E-state index in [0.717, 1.165) is 17.1 Å². The number of hydrogen-bond donors (Lipinski definition) is 0. The van der Waals surface area contributed by atoms with Crippen LogP contribution in [0.3, 0.4) is 0 Å². The standard InChI is InChI=1S/C20H20N2O/c1-23-17-21(18-11-5-2-6-12-18)22(19-13-7-3-8-14-19)20-15-9-4-10-16-20/h2-16H,17H2,1H3. The predicted octanol–water partition coefficient (Wildman–Crippen LogP) is 4.85. The second-order valence-corrected chi connectivity index (χ2v) is 5.14. The lowest BCUT2D eigenvalue weighted by atomic mass is 10.2. The highest BCUT2D eigenvalue weighted by atomic mass is 16.5. The van der Waals surface area contributed by atoms with Crippen molar-refractivity contribution in [2.75, 3.05) is 23.9 Å². The van der Waals surface area contributed by atoms with Gasteiger partial charge in [-0.25, -0.2) is 0 Å². The van der Waals surface area contributed by atoms with Crippen LogP contribution in [0.5, 0.6) is 0 Å². The monoisotopic (exact) mass is 304 g/mol. The topological polar surface area (TPSA) is 15.7 Å². The highest BCUT2D eigenvalue weighted by Gasteiger charge is 2.18. The average molecular weight is 304 g/mol. The molecular weight excluding hydrogens is 284 g/mol. The second kappa shape index (κ2) is 7.47.